The van der Waals surface area contributed by atoms with Crippen molar-refractivity contribution in [3.63, 3.8) is 0 Å². The third-order valence-corrected chi connectivity index (χ3v) is 8.77. The van der Waals surface area contributed by atoms with Gasteiger partial charge in [0.1, 0.15) is 17.4 Å². The van der Waals surface area contributed by atoms with E-state index in [1.165, 1.54) is 4.90 Å². The standard InChI is InChI=1S/C30H39N3O6/c1-6-15-31-16-7-13-29(4)23(26(31)35)24-27(36)33(22(18-34)19(2)3)25-28(37)32(17-8-14-30(24,25)39-29)20-9-11-21(38-5)12-10-20/h7-14,19,22-25,34H,6,15-18H2,1-5H3/t22-,23-,24-,25?,29+,30-/m0/s1. The lowest BCUT2D eigenvalue weighted by Gasteiger charge is -2.41. The molecule has 39 heavy (non-hydrogen) atoms. The molecule has 2 fully saturated rings. The van der Waals surface area contributed by atoms with Gasteiger partial charge < -0.3 is 29.3 Å². The molecule has 3 amide bonds. The molecule has 1 aromatic carbocycles. The van der Waals surface area contributed by atoms with Crippen LogP contribution in [0.4, 0.5) is 5.69 Å². The van der Waals surface area contributed by atoms with Crippen LogP contribution in [0.25, 0.3) is 0 Å². The fourth-order valence-corrected chi connectivity index (χ4v) is 6.95. The van der Waals surface area contributed by atoms with Gasteiger partial charge in [-0.2, -0.15) is 0 Å². The van der Waals surface area contributed by atoms with E-state index in [4.69, 9.17) is 9.47 Å². The van der Waals surface area contributed by atoms with E-state index in [0.29, 0.717) is 24.5 Å². The molecule has 0 saturated carbocycles. The Bertz CT molecular complexity index is 1200. The number of anilines is 1. The van der Waals surface area contributed by atoms with Crippen molar-refractivity contribution in [3.05, 3.63) is 48.6 Å². The highest BCUT2D eigenvalue weighted by Crippen LogP contribution is 2.58. The van der Waals surface area contributed by atoms with E-state index in [0.717, 1.165) is 6.42 Å². The second-order valence-corrected chi connectivity index (χ2v) is 11.5. The Labute approximate surface area is 230 Å². The molecular weight excluding hydrogens is 498 g/mol. The first-order valence-electron chi connectivity index (χ1n) is 13.9. The molecule has 1 N–H and O–H groups in total. The van der Waals surface area contributed by atoms with Crippen LogP contribution < -0.4 is 9.64 Å². The molecule has 5 rings (SSSR count). The van der Waals surface area contributed by atoms with Gasteiger partial charge in [0.15, 0.2) is 0 Å². The molecule has 0 aromatic heterocycles. The summed E-state index contributed by atoms with van der Waals surface area (Å²) >= 11 is 0. The smallest absolute Gasteiger partial charge is 0.253 e. The number of aliphatic hydroxyl groups is 1. The van der Waals surface area contributed by atoms with Crippen LogP contribution in [0.1, 0.15) is 34.1 Å². The average molecular weight is 538 g/mol. The van der Waals surface area contributed by atoms with Gasteiger partial charge in [0.2, 0.25) is 11.8 Å². The van der Waals surface area contributed by atoms with Crippen molar-refractivity contribution >= 4 is 23.4 Å². The summed E-state index contributed by atoms with van der Waals surface area (Å²) in [5.74, 6) is -1.91. The number of carbonyl (C=O) groups excluding carboxylic acids is 3. The van der Waals surface area contributed by atoms with Crippen molar-refractivity contribution in [2.75, 3.05) is 38.3 Å². The summed E-state index contributed by atoms with van der Waals surface area (Å²) in [4.78, 5) is 48.0. The fraction of sp³-hybridized carbons (Fsp3) is 0.567. The lowest BCUT2D eigenvalue weighted by Crippen LogP contribution is -2.59. The van der Waals surface area contributed by atoms with Crippen molar-refractivity contribution < 1.29 is 29.0 Å². The van der Waals surface area contributed by atoms with Gasteiger partial charge in [-0.3, -0.25) is 14.4 Å². The quantitative estimate of drug-likeness (QED) is 0.537. The first kappa shape index (κ1) is 27.4. The Morgan fingerprint density at radius 1 is 1.03 bits per heavy atom. The van der Waals surface area contributed by atoms with Crippen LogP contribution in [0.15, 0.2) is 48.6 Å². The minimum Gasteiger partial charge on any atom is -0.497 e. The SMILES string of the molecule is CCCN1CC=C[C@@]2(C)O[C@]34C=CCN(c5ccc(OC)cc5)C(=O)C3N([C@@H](CO)C(C)C)C(=O)[C@@H]4[C@H]2C1=O. The summed E-state index contributed by atoms with van der Waals surface area (Å²) in [5.41, 5.74) is -1.75. The third kappa shape index (κ3) is 4.09. The Balaban J connectivity index is 1.66. The molecule has 9 heteroatoms. The number of rotatable bonds is 7. The number of hydrogen-bond acceptors (Lipinski definition) is 6. The largest absolute Gasteiger partial charge is 0.497 e. The molecule has 1 aromatic rings. The molecule has 210 valence electrons. The van der Waals surface area contributed by atoms with Crippen LogP contribution in [0.2, 0.25) is 0 Å². The van der Waals surface area contributed by atoms with Crippen LogP contribution in [0.5, 0.6) is 5.75 Å². The average Bonchev–Trinajstić information content (AvgIpc) is 3.18. The monoisotopic (exact) mass is 537 g/mol. The number of methoxy groups -OCH3 is 1. The minimum absolute atomic E-state index is 0.128. The molecule has 1 spiro atoms. The number of nitrogens with zero attached hydrogens (tertiary/aromatic N) is 3. The molecule has 6 atom stereocenters. The van der Waals surface area contributed by atoms with Gasteiger partial charge in [-0.05, 0) is 43.5 Å². The number of amides is 3. The van der Waals surface area contributed by atoms with Crippen molar-refractivity contribution in [1.29, 1.82) is 0 Å². The molecule has 9 nitrogen and oxygen atoms in total. The Morgan fingerprint density at radius 2 is 1.72 bits per heavy atom. The van der Waals surface area contributed by atoms with Crippen molar-refractivity contribution in [2.45, 2.75) is 57.4 Å². The Hall–Kier alpha value is -3.17. The molecule has 4 aliphatic heterocycles. The molecule has 4 heterocycles. The molecule has 2 saturated heterocycles. The molecule has 0 bridgehead atoms. The summed E-state index contributed by atoms with van der Waals surface area (Å²) in [5, 5.41) is 10.4. The van der Waals surface area contributed by atoms with E-state index in [1.807, 2.05) is 64.1 Å². The Morgan fingerprint density at radius 3 is 2.33 bits per heavy atom. The van der Waals surface area contributed by atoms with E-state index < -0.39 is 35.1 Å². The fourth-order valence-electron chi connectivity index (χ4n) is 6.95. The van der Waals surface area contributed by atoms with Gasteiger partial charge in [-0.25, -0.2) is 0 Å². The van der Waals surface area contributed by atoms with Crippen LogP contribution >= 0.6 is 0 Å². The Kier molecular flexibility index (Phi) is 7.09. The van der Waals surface area contributed by atoms with Gasteiger partial charge in [-0.1, -0.05) is 45.1 Å². The molecule has 4 aliphatic rings. The second kappa shape index (κ2) is 10.1. The number of carbonyl (C=O) groups is 3. The summed E-state index contributed by atoms with van der Waals surface area (Å²) in [6.45, 7) is 8.69. The zero-order chi connectivity index (χ0) is 28.1. The maximum Gasteiger partial charge on any atom is 0.253 e. The lowest BCUT2D eigenvalue weighted by molar-refractivity contribution is -0.152. The predicted octanol–water partition coefficient (Wildman–Crippen LogP) is 2.39. The van der Waals surface area contributed by atoms with Crippen molar-refractivity contribution in [1.82, 2.24) is 9.80 Å². The van der Waals surface area contributed by atoms with Crippen LogP contribution in [-0.2, 0) is 19.1 Å². The van der Waals surface area contributed by atoms with Crippen molar-refractivity contribution in [2.24, 2.45) is 17.8 Å². The number of ether oxygens (including phenoxy) is 2. The van der Waals surface area contributed by atoms with E-state index >= 15 is 0 Å². The number of likely N-dealkylation sites (tertiary alicyclic amines) is 1. The van der Waals surface area contributed by atoms with Gasteiger partial charge >= 0.3 is 0 Å². The molecule has 0 aliphatic carbocycles. The predicted molar refractivity (Wildman–Crippen MR) is 146 cm³/mol. The molecule has 1 unspecified atom stereocenters. The van der Waals surface area contributed by atoms with Gasteiger partial charge in [0.25, 0.3) is 5.91 Å². The topological polar surface area (TPSA) is 99.6 Å². The highest BCUT2D eigenvalue weighted by Gasteiger charge is 2.75. The third-order valence-electron chi connectivity index (χ3n) is 8.77. The maximum absolute atomic E-state index is 14.5. The molecular formula is C30H39N3O6. The second-order valence-electron chi connectivity index (χ2n) is 11.5. The summed E-state index contributed by atoms with van der Waals surface area (Å²) in [7, 11) is 1.58. The number of fused-ring (bicyclic) bond motifs is 2. The van der Waals surface area contributed by atoms with E-state index in [9.17, 15) is 19.5 Å². The lowest BCUT2D eigenvalue weighted by atomic mass is 9.74. The number of benzene rings is 1. The number of hydrogen-bond donors (Lipinski definition) is 1. The first-order valence-corrected chi connectivity index (χ1v) is 13.9. The summed E-state index contributed by atoms with van der Waals surface area (Å²) in [6.07, 6.45) is 8.31. The van der Waals surface area contributed by atoms with Crippen LogP contribution in [0.3, 0.4) is 0 Å². The minimum atomic E-state index is -1.35. The van der Waals surface area contributed by atoms with Gasteiger partial charge in [0, 0.05) is 25.3 Å². The molecule has 0 radical (unpaired) electrons. The summed E-state index contributed by atoms with van der Waals surface area (Å²) in [6, 6.07) is 5.53. The van der Waals surface area contributed by atoms with E-state index in [2.05, 4.69) is 0 Å². The zero-order valence-corrected chi connectivity index (χ0v) is 23.4. The van der Waals surface area contributed by atoms with Crippen LogP contribution in [0, 0.1) is 17.8 Å². The summed E-state index contributed by atoms with van der Waals surface area (Å²) < 4.78 is 12.1. The van der Waals surface area contributed by atoms with E-state index in [-0.39, 0.29) is 36.8 Å². The van der Waals surface area contributed by atoms with Gasteiger partial charge in [0.05, 0.1) is 37.2 Å². The highest BCUT2D eigenvalue weighted by molar-refractivity contribution is 6.06. The maximum atomic E-state index is 14.5. The van der Waals surface area contributed by atoms with E-state index in [1.54, 1.807) is 29.0 Å². The van der Waals surface area contributed by atoms with Crippen LogP contribution in [-0.4, -0.2) is 89.3 Å². The highest BCUT2D eigenvalue weighted by atomic mass is 16.5. The normalized spacial score (nSPS) is 32.7. The first-order chi connectivity index (χ1) is 18.6. The zero-order valence-electron chi connectivity index (χ0n) is 23.4. The van der Waals surface area contributed by atoms with Crippen molar-refractivity contribution in [3.8, 4) is 5.75 Å². The number of aliphatic hydroxyl groups excluding tert-OH is 1. The van der Waals surface area contributed by atoms with Gasteiger partial charge in [-0.15, -0.1) is 0 Å².